The Morgan fingerprint density at radius 1 is 0.966 bits per heavy atom. The summed E-state index contributed by atoms with van der Waals surface area (Å²) in [4.78, 5) is 16.6. The van der Waals surface area contributed by atoms with Gasteiger partial charge < -0.3 is 4.98 Å². The summed E-state index contributed by atoms with van der Waals surface area (Å²) in [6.45, 7) is 0. The molecule has 1 N–H and O–H groups in total. The molecule has 29 heavy (non-hydrogen) atoms. The number of carbonyl (C=O) groups is 1. The minimum Gasteiger partial charge on any atom is -0.360 e. The van der Waals surface area contributed by atoms with Crippen molar-refractivity contribution in [3.63, 3.8) is 0 Å². The van der Waals surface area contributed by atoms with Crippen molar-refractivity contribution in [2.24, 2.45) is 5.10 Å². The highest BCUT2D eigenvalue weighted by Gasteiger charge is 2.34. The number of aromatic amines is 1. The monoisotopic (exact) mass is 399 g/mol. The standard InChI is InChI=1S/C24H18ClN3O/c25-18-12-10-17(11-13-18)24(29)28-23(15-22(27-28)21-9-4-14-26-21)20-8-3-6-16-5-1-2-7-19(16)20/h1-14,23,26H,15H2. The van der Waals surface area contributed by atoms with Gasteiger partial charge in [-0.25, -0.2) is 5.01 Å². The molecule has 0 spiro atoms. The molecule has 5 heteroatoms. The van der Waals surface area contributed by atoms with E-state index in [9.17, 15) is 4.79 Å². The molecule has 0 aliphatic carbocycles. The van der Waals surface area contributed by atoms with Crippen LogP contribution in [0.5, 0.6) is 0 Å². The summed E-state index contributed by atoms with van der Waals surface area (Å²) in [5, 5.41) is 9.23. The van der Waals surface area contributed by atoms with E-state index >= 15 is 0 Å². The number of hydrazone groups is 1. The smallest absolute Gasteiger partial charge is 0.274 e. The van der Waals surface area contributed by atoms with Gasteiger partial charge in [-0.2, -0.15) is 5.10 Å². The van der Waals surface area contributed by atoms with Crippen molar-refractivity contribution >= 4 is 34.0 Å². The summed E-state index contributed by atoms with van der Waals surface area (Å²) in [5.74, 6) is -0.138. The SMILES string of the molecule is O=C(c1ccc(Cl)cc1)N1N=C(c2ccc[nH]2)CC1c1cccc2ccccc12. The fourth-order valence-electron chi connectivity index (χ4n) is 3.88. The van der Waals surface area contributed by atoms with E-state index in [1.54, 1.807) is 29.3 Å². The number of nitrogens with zero attached hydrogens (tertiary/aromatic N) is 2. The molecule has 1 amide bonds. The molecule has 1 atom stereocenters. The number of H-pyrrole nitrogens is 1. The first-order valence-electron chi connectivity index (χ1n) is 9.49. The second kappa shape index (κ2) is 7.22. The zero-order chi connectivity index (χ0) is 19.8. The first-order valence-corrected chi connectivity index (χ1v) is 9.86. The van der Waals surface area contributed by atoms with Gasteiger partial charge in [-0.15, -0.1) is 0 Å². The lowest BCUT2D eigenvalue weighted by atomic mass is 9.95. The van der Waals surface area contributed by atoms with Crippen molar-refractivity contribution in [1.82, 2.24) is 9.99 Å². The summed E-state index contributed by atoms with van der Waals surface area (Å²) in [7, 11) is 0. The van der Waals surface area contributed by atoms with Crippen molar-refractivity contribution in [2.75, 3.05) is 0 Å². The number of nitrogens with one attached hydrogen (secondary N) is 1. The van der Waals surface area contributed by atoms with Crippen LogP contribution in [0.2, 0.25) is 5.02 Å². The zero-order valence-corrected chi connectivity index (χ0v) is 16.3. The molecule has 1 aliphatic rings. The normalized spacial score (nSPS) is 16.2. The Morgan fingerprint density at radius 3 is 2.55 bits per heavy atom. The highest BCUT2D eigenvalue weighted by molar-refractivity contribution is 6.30. The first-order chi connectivity index (χ1) is 14.2. The maximum absolute atomic E-state index is 13.4. The van der Waals surface area contributed by atoms with Gasteiger partial charge in [-0.05, 0) is 52.7 Å². The molecule has 4 nitrogen and oxygen atoms in total. The zero-order valence-electron chi connectivity index (χ0n) is 15.5. The fraction of sp³-hybridized carbons (Fsp3) is 0.0833. The number of amides is 1. The van der Waals surface area contributed by atoms with E-state index < -0.39 is 0 Å². The van der Waals surface area contributed by atoms with Crippen LogP contribution in [0.3, 0.4) is 0 Å². The Balaban J connectivity index is 1.61. The molecule has 5 rings (SSSR count). The molecule has 0 bridgehead atoms. The predicted octanol–water partition coefficient (Wildman–Crippen LogP) is 5.81. The molecular weight excluding hydrogens is 382 g/mol. The molecule has 0 radical (unpaired) electrons. The van der Waals surface area contributed by atoms with Crippen LogP contribution in [0.25, 0.3) is 10.8 Å². The second-order valence-electron chi connectivity index (χ2n) is 7.08. The molecule has 0 saturated carbocycles. The van der Waals surface area contributed by atoms with Gasteiger partial charge in [0, 0.05) is 23.2 Å². The molecular formula is C24H18ClN3O. The fourth-order valence-corrected chi connectivity index (χ4v) is 4.00. The number of aromatic nitrogens is 1. The van der Waals surface area contributed by atoms with Crippen LogP contribution >= 0.6 is 11.6 Å². The van der Waals surface area contributed by atoms with Gasteiger partial charge in [0.25, 0.3) is 5.91 Å². The van der Waals surface area contributed by atoms with Gasteiger partial charge in [0.05, 0.1) is 17.4 Å². The van der Waals surface area contributed by atoms with Gasteiger partial charge in [-0.1, -0.05) is 54.1 Å². The van der Waals surface area contributed by atoms with Crippen molar-refractivity contribution < 1.29 is 4.79 Å². The largest absolute Gasteiger partial charge is 0.360 e. The highest BCUT2D eigenvalue weighted by atomic mass is 35.5. The lowest BCUT2D eigenvalue weighted by Gasteiger charge is -2.23. The lowest BCUT2D eigenvalue weighted by Crippen LogP contribution is -2.27. The summed E-state index contributed by atoms with van der Waals surface area (Å²) in [6, 6.07) is 25.1. The molecule has 1 aliphatic heterocycles. The third kappa shape index (κ3) is 3.22. The minimum absolute atomic E-state index is 0.138. The third-order valence-electron chi connectivity index (χ3n) is 5.30. The van der Waals surface area contributed by atoms with Crippen molar-refractivity contribution in [3.05, 3.63) is 107 Å². The Hall–Kier alpha value is -3.37. The number of benzene rings is 3. The van der Waals surface area contributed by atoms with E-state index in [1.165, 1.54) is 0 Å². The van der Waals surface area contributed by atoms with Crippen LogP contribution in [0.15, 0.2) is 90.2 Å². The summed E-state index contributed by atoms with van der Waals surface area (Å²) in [5.41, 5.74) is 3.46. The summed E-state index contributed by atoms with van der Waals surface area (Å²) < 4.78 is 0. The molecule has 2 heterocycles. The van der Waals surface area contributed by atoms with Gasteiger partial charge >= 0.3 is 0 Å². The number of halogens is 1. The van der Waals surface area contributed by atoms with Gasteiger partial charge in [0.2, 0.25) is 0 Å². The second-order valence-corrected chi connectivity index (χ2v) is 7.51. The number of carbonyl (C=O) groups excluding carboxylic acids is 1. The van der Waals surface area contributed by atoms with E-state index in [-0.39, 0.29) is 11.9 Å². The third-order valence-corrected chi connectivity index (χ3v) is 5.55. The van der Waals surface area contributed by atoms with Crippen LogP contribution in [-0.2, 0) is 0 Å². The van der Waals surface area contributed by atoms with Crippen LogP contribution < -0.4 is 0 Å². The number of hydrogen-bond acceptors (Lipinski definition) is 2. The minimum atomic E-state index is -0.178. The summed E-state index contributed by atoms with van der Waals surface area (Å²) in [6.07, 6.45) is 2.52. The predicted molar refractivity (Wildman–Crippen MR) is 116 cm³/mol. The van der Waals surface area contributed by atoms with Crippen molar-refractivity contribution in [3.8, 4) is 0 Å². The average molecular weight is 400 g/mol. The van der Waals surface area contributed by atoms with E-state index in [4.69, 9.17) is 16.7 Å². The average Bonchev–Trinajstić information content (AvgIpc) is 3.43. The van der Waals surface area contributed by atoms with Crippen LogP contribution in [0.4, 0.5) is 0 Å². The number of hydrogen-bond donors (Lipinski definition) is 1. The van der Waals surface area contributed by atoms with E-state index in [1.807, 2.05) is 36.5 Å². The van der Waals surface area contributed by atoms with E-state index in [0.717, 1.165) is 27.7 Å². The topological polar surface area (TPSA) is 48.5 Å². The van der Waals surface area contributed by atoms with Crippen LogP contribution in [-0.4, -0.2) is 21.6 Å². The number of rotatable bonds is 3. The maximum Gasteiger partial charge on any atom is 0.274 e. The number of fused-ring (bicyclic) bond motifs is 1. The van der Waals surface area contributed by atoms with Gasteiger partial charge in [0.1, 0.15) is 0 Å². The molecule has 4 aromatic rings. The van der Waals surface area contributed by atoms with Crippen LogP contribution in [0, 0.1) is 0 Å². The molecule has 1 aromatic heterocycles. The molecule has 3 aromatic carbocycles. The highest BCUT2D eigenvalue weighted by Crippen LogP contribution is 2.37. The van der Waals surface area contributed by atoms with Gasteiger partial charge in [0.15, 0.2) is 0 Å². The Bertz CT molecular complexity index is 1210. The van der Waals surface area contributed by atoms with Crippen LogP contribution in [0.1, 0.15) is 34.1 Å². The van der Waals surface area contributed by atoms with Gasteiger partial charge in [-0.3, -0.25) is 4.79 Å². The lowest BCUT2D eigenvalue weighted by molar-refractivity contribution is 0.0712. The first kappa shape index (κ1) is 17.7. The molecule has 0 fully saturated rings. The molecule has 1 unspecified atom stereocenters. The van der Waals surface area contributed by atoms with E-state index in [0.29, 0.717) is 17.0 Å². The Labute approximate surface area is 173 Å². The maximum atomic E-state index is 13.4. The molecule has 0 saturated heterocycles. The summed E-state index contributed by atoms with van der Waals surface area (Å²) >= 11 is 6.00. The Morgan fingerprint density at radius 2 is 1.76 bits per heavy atom. The Kier molecular flexibility index (Phi) is 4.41. The van der Waals surface area contributed by atoms with E-state index in [2.05, 4.69) is 29.2 Å². The molecule has 142 valence electrons. The van der Waals surface area contributed by atoms with Crippen molar-refractivity contribution in [1.29, 1.82) is 0 Å². The quantitative estimate of drug-likeness (QED) is 0.464. The van der Waals surface area contributed by atoms with Crippen molar-refractivity contribution in [2.45, 2.75) is 12.5 Å².